The standard InChI is InChI=1S/C25H30N2O4/c1-16(25-11-18-7-19(12-25)9-20(8-18)13-25)27-23(28)15-31-24(29)21(14-26)10-17-3-5-22(30-2)6-4-17/h3-6,10,16,18-20H,7-9,11-13,15H2,1-2H3,(H,27,28)/b21-10+/t16-,18?,19?,20?,25?/m1/s1. The minimum Gasteiger partial charge on any atom is -0.497 e. The van der Waals surface area contributed by atoms with Crippen molar-refractivity contribution in [3.8, 4) is 11.8 Å². The lowest BCUT2D eigenvalue weighted by molar-refractivity contribution is -0.145. The van der Waals surface area contributed by atoms with Crippen LogP contribution in [0.3, 0.4) is 0 Å². The molecule has 1 amide bonds. The van der Waals surface area contributed by atoms with Crippen LogP contribution in [0, 0.1) is 34.5 Å². The van der Waals surface area contributed by atoms with Gasteiger partial charge in [0.05, 0.1) is 7.11 Å². The molecule has 0 aromatic heterocycles. The van der Waals surface area contributed by atoms with E-state index in [1.54, 1.807) is 31.4 Å². The highest BCUT2D eigenvalue weighted by Crippen LogP contribution is 2.61. The smallest absolute Gasteiger partial charge is 0.349 e. The molecule has 0 aliphatic heterocycles. The van der Waals surface area contributed by atoms with Gasteiger partial charge in [-0.15, -0.1) is 0 Å². The predicted molar refractivity (Wildman–Crippen MR) is 116 cm³/mol. The molecule has 31 heavy (non-hydrogen) atoms. The molecule has 0 spiro atoms. The van der Waals surface area contributed by atoms with E-state index in [9.17, 15) is 14.9 Å². The van der Waals surface area contributed by atoms with E-state index in [0.29, 0.717) is 11.3 Å². The maximum Gasteiger partial charge on any atom is 0.349 e. The van der Waals surface area contributed by atoms with E-state index in [-0.39, 0.29) is 29.5 Å². The largest absolute Gasteiger partial charge is 0.497 e. The number of amides is 1. The van der Waals surface area contributed by atoms with E-state index in [0.717, 1.165) is 17.8 Å². The first kappa shape index (κ1) is 21.4. The zero-order valence-corrected chi connectivity index (χ0v) is 18.2. The van der Waals surface area contributed by atoms with Crippen molar-refractivity contribution in [3.63, 3.8) is 0 Å². The van der Waals surface area contributed by atoms with Gasteiger partial charge in [0.1, 0.15) is 17.4 Å². The van der Waals surface area contributed by atoms with E-state index in [4.69, 9.17) is 9.47 Å². The van der Waals surface area contributed by atoms with Crippen LogP contribution in [-0.2, 0) is 14.3 Å². The third-order valence-electron chi connectivity index (χ3n) is 7.48. The van der Waals surface area contributed by atoms with Crippen molar-refractivity contribution in [2.45, 2.75) is 51.5 Å². The molecule has 4 saturated carbocycles. The van der Waals surface area contributed by atoms with E-state index in [2.05, 4.69) is 12.2 Å². The molecule has 6 heteroatoms. The van der Waals surface area contributed by atoms with E-state index in [1.165, 1.54) is 44.6 Å². The zero-order valence-electron chi connectivity index (χ0n) is 18.2. The quantitative estimate of drug-likeness (QED) is 0.409. The Bertz CT molecular complexity index is 877. The fourth-order valence-corrected chi connectivity index (χ4v) is 6.36. The van der Waals surface area contributed by atoms with Crippen LogP contribution in [0.5, 0.6) is 5.75 Å². The van der Waals surface area contributed by atoms with Crippen LogP contribution < -0.4 is 10.1 Å². The minimum atomic E-state index is -0.795. The molecule has 0 saturated heterocycles. The van der Waals surface area contributed by atoms with Crippen molar-refractivity contribution in [1.82, 2.24) is 5.32 Å². The molecule has 1 aromatic carbocycles. The van der Waals surface area contributed by atoms with E-state index >= 15 is 0 Å². The summed E-state index contributed by atoms with van der Waals surface area (Å²) in [7, 11) is 1.57. The molecule has 0 radical (unpaired) electrons. The number of benzene rings is 1. The molecule has 4 aliphatic carbocycles. The SMILES string of the molecule is COc1ccc(/C=C(\C#N)C(=O)OCC(=O)N[C@H](C)C23CC4CC(CC(C4)C2)C3)cc1. The molecule has 164 valence electrons. The van der Waals surface area contributed by atoms with Gasteiger partial charge in [-0.25, -0.2) is 4.79 Å². The van der Waals surface area contributed by atoms with Gasteiger partial charge < -0.3 is 14.8 Å². The molecule has 4 aliphatic rings. The number of nitriles is 1. The van der Waals surface area contributed by atoms with Crippen LogP contribution in [0.25, 0.3) is 6.08 Å². The predicted octanol–water partition coefficient (Wildman–Crippen LogP) is 3.87. The summed E-state index contributed by atoms with van der Waals surface area (Å²) in [5.41, 5.74) is 0.724. The topological polar surface area (TPSA) is 88.4 Å². The third-order valence-corrected chi connectivity index (χ3v) is 7.48. The van der Waals surface area contributed by atoms with Crippen molar-refractivity contribution in [2.24, 2.45) is 23.2 Å². The summed E-state index contributed by atoms with van der Waals surface area (Å²) in [5, 5.41) is 12.4. The van der Waals surface area contributed by atoms with Crippen LogP contribution in [-0.4, -0.2) is 31.6 Å². The molecule has 4 bridgehead atoms. The molecule has 0 unspecified atom stereocenters. The summed E-state index contributed by atoms with van der Waals surface area (Å²) >= 11 is 0. The number of carbonyl (C=O) groups excluding carboxylic acids is 2. The van der Waals surface area contributed by atoms with Gasteiger partial charge in [0, 0.05) is 6.04 Å². The molecular formula is C25H30N2O4. The van der Waals surface area contributed by atoms with Gasteiger partial charge in [-0.05, 0) is 92.4 Å². The number of methoxy groups -OCH3 is 1. The van der Waals surface area contributed by atoms with Crippen molar-refractivity contribution < 1.29 is 19.1 Å². The molecular weight excluding hydrogens is 392 g/mol. The Hall–Kier alpha value is -2.81. The van der Waals surface area contributed by atoms with Gasteiger partial charge >= 0.3 is 5.97 Å². The lowest BCUT2D eigenvalue weighted by atomic mass is 9.48. The first-order valence-electron chi connectivity index (χ1n) is 11.1. The van der Waals surface area contributed by atoms with E-state index < -0.39 is 5.97 Å². The molecule has 4 fully saturated rings. The fourth-order valence-electron chi connectivity index (χ4n) is 6.36. The second-order valence-electron chi connectivity index (χ2n) is 9.59. The minimum absolute atomic E-state index is 0.0670. The van der Waals surface area contributed by atoms with Crippen molar-refractivity contribution in [3.05, 3.63) is 35.4 Å². The first-order chi connectivity index (χ1) is 14.9. The Morgan fingerprint density at radius 3 is 2.26 bits per heavy atom. The summed E-state index contributed by atoms with van der Waals surface area (Å²) in [6.45, 7) is 1.72. The molecule has 1 N–H and O–H groups in total. The fraction of sp³-hybridized carbons (Fsp3) is 0.560. The summed E-state index contributed by atoms with van der Waals surface area (Å²) < 4.78 is 10.2. The zero-order chi connectivity index (χ0) is 22.0. The summed E-state index contributed by atoms with van der Waals surface area (Å²) in [6.07, 6.45) is 9.10. The molecule has 1 aromatic rings. The number of esters is 1. The highest BCUT2D eigenvalue weighted by Gasteiger charge is 2.53. The lowest BCUT2D eigenvalue weighted by Crippen LogP contribution is -2.56. The second kappa shape index (κ2) is 8.74. The van der Waals surface area contributed by atoms with Crippen LogP contribution >= 0.6 is 0 Å². The normalized spacial score (nSPS) is 29.7. The molecule has 1 atom stereocenters. The lowest BCUT2D eigenvalue weighted by Gasteiger charge is -2.59. The Labute approximate surface area is 183 Å². The second-order valence-corrected chi connectivity index (χ2v) is 9.59. The molecule has 0 heterocycles. The summed E-state index contributed by atoms with van der Waals surface area (Å²) in [6, 6.07) is 8.88. The van der Waals surface area contributed by atoms with Crippen LogP contribution in [0.2, 0.25) is 0 Å². The Morgan fingerprint density at radius 1 is 1.16 bits per heavy atom. The molecule has 6 nitrogen and oxygen atoms in total. The number of nitrogens with one attached hydrogen (secondary N) is 1. The number of hydrogen-bond donors (Lipinski definition) is 1. The van der Waals surface area contributed by atoms with Gasteiger partial charge in [0.2, 0.25) is 0 Å². The molecule has 5 rings (SSSR count). The van der Waals surface area contributed by atoms with Gasteiger partial charge in [-0.2, -0.15) is 5.26 Å². The van der Waals surface area contributed by atoms with E-state index in [1.807, 2.05) is 6.07 Å². The average Bonchev–Trinajstić information content (AvgIpc) is 2.75. The maximum absolute atomic E-state index is 12.5. The van der Waals surface area contributed by atoms with Crippen LogP contribution in [0.1, 0.15) is 51.0 Å². The monoisotopic (exact) mass is 422 g/mol. The van der Waals surface area contributed by atoms with Gasteiger partial charge in [-0.1, -0.05) is 12.1 Å². The van der Waals surface area contributed by atoms with Gasteiger partial charge in [0.15, 0.2) is 6.61 Å². The van der Waals surface area contributed by atoms with Gasteiger partial charge in [-0.3, -0.25) is 4.79 Å². The van der Waals surface area contributed by atoms with Crippen molar-refractivity contribution in [1.29, 1.82) is 5.26 Å². The highest BCUT2D eigenvalue weighted by molar-refractivity contribution is 5.98. The number of rotatable bonds is 7. The highest BCUT2D eigenvalue weighted by atomic mass is 16.5. The van der Waals surface area contributed by atoms with Gasteiger partial charge in [0.25, 0.3) is 5.91 Å². The van der Waals surface area contributed by atoms with Crippen molar-refractivity contribution >= 4 is 18.0 Å². The van der Waals surface area contributed by atoms with Crippen molar-refractivity contribution in [2.75, 3.05) is 13.7 Å². The average molecular weight is 423 g/mol. The number of hydrogen-bond acceptors (Lipinski definition) is 5. The van der Waals surface area contributed by atoms with Crippen LogP contribution in [0.4, 0.5) is 0 Å². The third kappa shape index (κ3) is 4.61. The number of carbonyl (C=O) groups is 2. The number of nitrogens with zero attached hydrogens (tertiary/aromatic N) is 1. The first-order valence-corrected chi connectivity index (χ1v) is 11.1. The Morgan fingerprint density at radius 2 is 1.74 bits per heavy atom. The maximum atomic E-state index is 12.5. The number of ether oxygens (including phenoxy) is 2. The summed E-state index contributed by atoms with van der Waals surface area (Å²) in [4.78, 5) is 24.8. The summed E-state index contributed by atoms with van der Waals surface area (Å²) in [5.74, 6) is 2.01. The Balaban J connectivity index is 1.31. The Kier molecular flexibility index (Phi) is 6.04. The van der Waals surface area contributed by atoms with Crippen LogP contribution in [0.15, 0.2) is 29.8 Å².